The first-order valence-electron chi connectivity index (χ1n) is 6.36. The number of ketones is 1. The van der Waals surface area contributed by atoms with E-state index in [1.165, 1.54) is 13.8 Å². The molecular formula is C15H19FO2. The summed E-state index contributed by atoms with van der Waals surface area (Å²) in [6, 6.07) is 7.27. The van der Waals surface area contributed by atoms with Gasteiger partial charge in [-0.2, -0.15) is 0 Å². The number of hydrogen-bond acceptors (Lipinski definition) is 2. The predicted molar refractivity (Wildman–Crippen MR) is 68.0 cm³/mol. The molecule has 1 fully saturated rings. The van der Waals surface area contributed by atoms with E-state index in [0.29, 0.717) is 0 Å². The van der Waals surface area contributed by atoms with Crippen molar-refractivity contribution in [3.05, 3.63) is 35.4 Å². The molecule has 18 heavy (non-hydrogen) atoms. The van der Waals surface area contributed by atoms with E-state index in [1.807, 2.05) is 18.2 Å². The van der Waals surface area contributed by atoms with Crippen LogP contribution in [0.15, 0.2) is 24.3 Å². The van der Waals surface area contributed by atoms with Gasteiger partial charge in [0.05, 0.1) is 6.61 Å². The van der Waals surface area contributed by atoms with Crippen molar-refractivity contribution in [1.82, 2.24) is 0 Å². The van der Waals surface area contributed by atoms with Crippen molar-refractivity contribution in [1.29, 1.82) is 0 Å². The molecule has 1 unspecified atom stereocenters. The summed E-state index contributed by atoms with van der Waals surface area (Å²) in [4.78, 5) is 11.5. The third-order valence-electron chi connectivity index (χ3n) is 3.86. The van der Waals surface area contributed by atoms with Crippen molar-refractivity contribution in [3.63, 3.8) is 0 Å². The minimum atomic E-state index is -1.82. The van der Waals surface area contributed by atoms with Crippen LogP contribution in [0.2, 0.25) is 0 Å². The number of halogens is 1. The van der Waals surface area contributed by atoms with E-state index >= 15 is 0 Å². The van der Waals surface area contributed by atoms with Crippen LogP contribution >= 0.6 is 0 Å². The van der Waals surface area contributed by atoms with E-state index in [2.05, 4.69) is 0 Å². The van der Waals surface area contributed by atoms with Crippen LogP contribution in [0, 0.1) is 5.92 Å². The second-order valence-corrected chi connectivity index (χ2v) is 5.35. The Morgan fingerprint density at radius 2 is 2.22 bits per heavy atom. The highest BCUT2D eigenvalue weighted by atomic mass is 19.1. The second kappa shape index (κ2) is 4.81. The summed E-state index contributed by atoms with van der Waals surface area (Å²) in [5, 5.41) is 9.15. The van der Waals surface area contributed by atoms with Gasteiger partial charge in [0.2, 0.25) is 0 Å². The van der Waals surface area contributed by atoms with Crippen LogP contribution in [0.25, 0.3) is 0 Å². The molecule has 2 nitrogen and oxygen atoms in total. The number of carbonyl (C=O) groups excluding carboxylic acids is 1. The molecule has 1 N–H and O–H groups in total. The summed E-state index contributed by atoms with van der Waals surface area (Å²) < 4.78 is 14.7. The van der Waals surface area contributed by atoms with Crippen LogP contribution in [0.1, 0.15) is 43.7 Å². The van der Waals surface area contributed by atoms with Gasteiger partial charge < -0.3 is 5.11 Å². The molecule has 0 aromatic heterocycles. The first kappa shape index (κ1) is 13.2. The molecule has 0 amide bonds. The zero-order valence-corrected chi connectivity index (χ0v) is 10.8. The number of Topliss-reactive ketones (excluding diaryl/α,β-unsaturated/α-hetero) is 1. The quantitative estimate of drug-likeness (QED) is 0.872. The Balaban J connectivity index is 2.38. The Labute approximate surface area is 107 Å². The van der Waals surface area contributed by atoms with Gasteiger partial charge in [0.25, 0.3) is 0 Å². The Hall–Kier alpha value is -1.22. The predicted octanol–water partition coefficient (Wildman–Crippen LogP) is 2.99. The lowest BCUT2D eigenvalue weighted by molar-refractivity contribution is -0.129. The molecule has 1 saturated carbocycles. The van der Waals surface area contributed by atoms with Crippen LogP contribution in [0.5, 0.6) is 0 Å². The number of aliphatic hydroxyl groups is 1. The zero-order chi connectivity index (χ0) is 13.3. The number of carbonyl (C=O) groups is 1. The molecule has 0 radical (unpaired) electrons. The van der Waals surface area contributed by atoms with Crippen LogP contribution in [0.4, 0.5) is 4.39 Å². The molecular weight excluding hydrogens is 231 g/mol. The van der Waals surface area contributed by atoms with E-state index in [1.54, 1.807) is 6.07 Å². The van der Waals surface area contributed by atoms with E-state index in [9.17, 15) is 9.18 Å². The van der Waals surface area contributed by atoms with Crippen molar-refractivity contribution in [2.75, 3.05) is 0 Å². The van der Waals surface area contributed by atoms with Gasteiger partial charge in [-0.05, 0) is 43.7 Å². The molecule has 0 spiro atoms. The highest BCUT2D eigenvalue weighted by molar-refractivity contribution is 5.85. The van der Waals surface area contributed by atoms with E-state index in [4.69, 9.17) is 5.11 Å². The highest BCUT2D eigenvalue weighted by Gasteiger charge is 2.48. The number of benzene rings is 1. The minimum absolute atomic E-state index is 0.0612. The maximum atomic E-state index is 14.7. The summed E-state index contributed by atoms with van der Waals surface area (Å²) in [5.41, 5.74) is -0.239. The van der Waals surface area contributed by atoms with Gasteiger partial charge in [-0.3, -0.25) is 4.79 Å². The smallest absolute Gasteiger partial charge is 0.172 e. The number of aliphatic hydroxyl groups excluding tert-OH is 1. The first-order chi connectivity index (χ1) is 8.46. The van der Waals surface area contributed by atoms with Crippen LogP contribution < -0.4 is 0 Å². The summed E-state index contributed by atoms with van der Waals surface area (Å²) in [6.45, 7) is 2.63. The topological polar surface area (TPSA) is 37.3 Å². The fraction of sp³-hybridized carbons (Fsp3) is 0.533. The summed E-state index contributed by atoms with van der Waals surface area (Å²) >= 11 is 0. The largest absolute Gasteiger partial charge is 0.392 e. The van der Waals surface area contributed by atoms with E-state index in [-0.39, 0.29) is 18.4 Å². The molecule has 98 valence electrons. The Kier molecular flexibility index (Phi) is 3.53. The van der Waals surface area contributed by atoms with Gasteiger partial charge >= 0.3 is 0 Å². The van der Waals surface area contributed by atoms with Crippen LogP contribution in [-0.4, -0.2) is 16.6 Å². The molecule has 1 aliphatic carbocycles. The molecule has 3 heteroatoms. The normalized spacial score (nSPS) is 20.2. The number of alkyl halides is 1. The molecule has 1 aromatic rings. The van der Waals surface area contributed by atoms with Crippen LogP contribution in [0.3, 0.4) is 0 Å². The minimum Gasteiger partial charge on any atom is -0.392 e. The molecule has 0 heterocycles. The molecule has 2 rings (SSSR count). The lowest BCUT2D eigenvalue weighted by Crippen LogP contribution is -2.36. The van der Waals surface area contributed by atoms with E-state index in [0.717, 1.165) is 24.0 Å². The molecule has 0 aliphatic heterocycles. The fourth-order valence-electron chi connectivity index (χ4n) is 2.56. The van der Waals surface area contributed by atoms with Crippen molar-refractivity contribution in [2.45, 2.75) is 44.9 Å². The lowest BCUT2D eigenvalue weighted by Gasteiger charge is -2.29. The molecule has 0 bridgehead atoms. The first-order valence-corrected chi connectivity index (χ1v) is 6.36. The summed E-state index contributed by atoms with van der Waals surface area (Å²) in [6.07, 6.45) is 1.95. The fourth-order valence-corrected chi connectivity index (χ4v) is 2.56. The van der Waals surface area contributed by atoms with Gasteiger partial charge in [0.1, 0.15) is 0 Å². The highest BCUT2D eigenvalue weighted by Crippen LogP contribution is 2.50. The maximum absolute atomic E-state index is 14.7. The molecule has 1 aliphatic rings. The number of hydrogen-bond donors (Lipinski definition) is 1. The van der Waals surface area contributed by atoms with Gasteiger partial charge in [-0.15, -0.1) is 0 Å². The summed E-state index contributed by atoms with van der Waals surface area (Å²) in [5.74, 6) is -0.562. The van der Waals surface area contributed by atoms with Crippen molar-refractivity contribution in [3.8, 4) is 0 Å². The Morgan fingerprint density at radius 3 is 2.72 bits per heavy atom. The maximum Gasteiger partial charge on any atom is 0.172 e. The molecule has 2 atom stereocenters. The Bertz CT molecular complexity index is 450. The monoisotopic (exact) mass is 250 g/mol. The third kappa shape index (κ3) is 2.46. The Morgan fingerprint density at radius 1 is 1.56 bits per heavy atom. The number of rotatable bonds is 5. The average Bonchev–Trinajstić information content (AvgIpc) is 3.13. The molecule has 1 aromatic carbocycles. The van der Waals surface area contributed by atoms with Gasteiger partial charge in [-0.25, -0.2) is 4.39 Å². The standard InChI is InChI=1S/C15H19FO2/c1-10(18)15(2,16)14(12-6-7-12)13-5-3-4-11(8-13)9-17/h3-5,8,12,14,17H,6-7,9H2,1-2H3/t14-,15?/m0/s1. The van der Waals surface area contributed by atoms with Gasteiger partial charge in [0.15, 0.2) is 11.5 Å². The van der Waals surface area contributed by atoms with E-state index < -0.39 is 11.5 Å². The van der Waals surface area contributed by atoms with Gasteiger partial charge in [0, 0.05) is 5.92 Å². The van der Waals surface area contributed by atoms with Crippen LogP contribution in [-0.2, 0) is 11.4 Å². The molecule has 0 saturated heterocycles. The SMILES string of the molecule is CC(=O)C(C)(F)[C@H](c1cccc(CO)c1)C1CC1. The third-order valence-corrected chi connectivity index (χ3v) is 3.86. The van der Waals surface area contributed by atoms with Gasteiger partial charge in [-0.1, -0.05) is 24.3 Å². The van der Waals surface area contributed by atoms with Crippen molar-refractivity contribution < 1.29 is 14.3 Å². The zero-order valence-electron chi connectivity index (χ0n) is 10.8. The van der Waals surface area contributed by atoms with Crippen molar-refractivity contribution in [2.24, 2.45) is 5.92 Å². The van der Waals surface area contributed by atoms with Crippen molar-refractivity contribution >= 4 is 5.78 Å². The average molecular weight is 250 g/mol. The lowest BCUT2D eigenvalue weighted by atomic mass is 9.78. The second-order valence-electron chi connectivity index (χ2n) is 5.35. The summed E-state index contributed by atoms with van der Waals surface area (Å²) in [7, 11) is 0.